The molecule has 1 saturated carbocycles. The highest BCUT2D eigenvalue weighted by molar-refractivity contribution is 5.66. The summed E-state index contributed by atoms with van der Waals surface area (Å²) >= 11 is 0. The number of rotatable bonds is 7. The van der Waals surface area contributed by atoms with Crippen LogP contribution < -0.4 is 15.4 Å². The number of hydrogen-bond donors (Lipinski definition) is 2. The van der Waals surface area contributed by atoms with Gasteiger partial charge in [-0.25, -0.2) is 9.37 Å². The molecule has 5 nitrogen and oxygen atoms in total. The molecule has 0 spiro atoms. The molecule has 33 heavy (non-hydrogen) atoms. The molecule has 1 aromatic heterocycles. The van der Waals surface area contributed by atoms with E-state index in [1.165, 1.54) is 36.8 Å². The first kappa shape index (κ1) is 22.8. The summed E-state index contributed by atoms with van der Waals surface area (Å²) in [4.78, 5) is 9.10. The minimum atomic E-state index is -4.78. The molecule has 1 aliphatic rings. The SMILES string of the molecule is Fc1ccc(CNc2cc(-c3cccc(OC(F)(F)F)c3)nc(NC3CCCCC3)n2)cc1. The molecule has 0 saturated heterocycles. The molecule has 0 bridgehead atoms. The van der Waals surface area contributed by atoms with Crippen molar-refractivity contribution in [2.75, 3.05) is 10.6 Å². The fourth-order valence-corrected chi connectivity index (χ4v) is 3.83. The summed E-state index contributed by atoms with van der Waals surface area (Å²) in [6.07, 6.45) is 0.713. The van der Waals surface area contributed by atoms with Crippen LogP contribution >= 0.6 is 0 Å². The Morgan fingerprint density at radius 1 is 0.939 bits per heavy atom. The van der Waals surface area contributed by atoms with Gasteiger partial charge >= 0.3 is 6.36 Å². The minimum absolute atomic E-state index is 0.249. The third-order valence-electron chi connectivity index (χ3n) is 5.41. The van der Waals surface area contributed by atoms with Gasteiger partial charge in [0.2, 0.25) is 5.95 Å². The molecule has 4 rings (SSSR count). The fourth-order valence-electron chi connectivity index (χ4n) is 3.83. The van der Waals surface area contributed by atoms with E-state index < -0.39 is 6.36 Å². The van der Waals surface area contributed by atoms with E-state index >= 15 is 0 Å². The van der Waals surface area contributed by atoms with Crippen LogP contribution in [0.4, 0.5) is 29.3 Å². The highest BCUT2D eigenvalue weighted by Gasteiger charge is 2.31. The monoisotopic (exact) mass is 460 g/mol. The van der Waals surface area contributed by atoms with E-state index in [0.717, 1.165) is 31.2 Å². The number of hydrogen-bond acceptors (Lipinski definition) is 5. The van der Waals surface area contributed by atoms with Crippen LogP contribution in [0.25, 0.3) is 11.3 Å². The molecule has 174 valence electrons. The van der Waals surface area contributed by atoms with Gasteiger partial charge in [0.25, 0.3) is 0 Å². The zero-order valence-corrected chi connectivity index (χ0v) is 17.8. The Balaban J connectivity index is 1.60. The van der Waals surface area contributed by atoms with Crippen LogP contribution in [0.1, 0.15) is 37.7 Å². The number of nitrogens with zero attached hydrogens (tertiary/aromatic N) is 2. The smallest absolute Gasteiger partial charge is 0.406 e. The van der Waals surface area contributed by atoms with Gasteiger partial charge in [-0.3, -0.25) is 0 Å². The summed E-state index contributed by atoms with van der Waals surface area (Å²) in [6, 6.07) is 13.7. The van der Waals surface area contributed by atoms with Gasteiger partial charge in [0.15, 0.2) is 0 Å². The molecule has 0 radical (unpaired) electrons. The largest absolute Gasteiger partial charge is 0.573 e. The van der Waals surface area contributed by atoms with Gasteiger partial charge in [-0.2, -0.15) is 4.98 Å². The molecule has 3 aromatic rings. The first-order valence-electron chi connectivity index (χ1n) is 10.8. The molecular formula is C24H24F4N4O. The van der Waals surface area contributed by atoms with Gasteiger partial charge < -0.3 is 15.4 Å². The van der Waals surface area contributed by atoms with E-state index in [2.05, 4.69) is 25.3 Å². The molecule has 2 aromatic carbocycles. The van der Waals surface area contributed by atoms with E-state index in [1.54, 1.807) is 24.3 Å². The van der Waals surface area contributed by atoms with Crippen molar-refractivity contribution in [3.63, 3.8) is 0 Å². The molecule has 1 heterocycles. The van der Waals surface area contributed by atoms with Gasteiger partial charge in [0.05, 0.1) is 5.69 Å². The lowest BCUT2D eigenvalue weighted by molar-refractivity contribution is -0.274. The van der Waals surface area contributed by atoms with E-state index in [1.807, 2.05) is 0 Å². The average molecular weight is 460 g/mol. The quantitative estimate of drug-likeness (QED) is 0.392. The molecule has 1 aliphatic carbocycles. The van der Waals surface area contributed by atoms with Crippen molar-refractivity contribution in [1.29, 1.82) is 0 Å². The van der Waals surface area contributed by atoms with E-state index in [0.29, 0.717) is 29.6 Å². The topological polar surface area (TPSA) is 59.1 Å². The van der Waals surface area contributed by atoms with Crippen molar-refractivity contribution < 1.29 is 22.3 Å². The number of benzene rings is 2. The summed E-state index contributed by atoms with van der Waals surface area (Å²) in [6.45, 7) is 0.400. The van der Waals surface area contributed by atoms with Gasteiger partial charge in [0, 0.05) is 24.2 Å². The summed E-state index contributed by atoms with van der Waals surface area (Å²) < 4.78 is 55.2. The lowest BCUT2D eigenvalue weighted by atomic mass is 9.96. The van der Waals surface area contributed by atoms with Crippen LogP contribution in [0.2, 0.25) is 0 Å². The standard InChI is InChI=1S/C24H24F4N4O/c25-18-11-9-16(10-12-18)15-29-22-14-21(17-5-4-8-20(13-17)33-24(26,27)28)31-23(32-22)30-19-6-2-1-3-7-19/h4-5,8-14,19H,1-3,6-7,15H2,(H2,29,30,31,32). The molecular weight excluding hydrogens is 436 g/mol. The predicted octanol–water partition coefficient (Wildman–Crippen LogP) is 6.54. The zero-order chi connectivity index (χ0) is 23.3. The number of halogens is 4. The molecule has 0 unspecified atom stereocenters. The minimum Gasteiger partial charge on any atom is -0.406 e. The van der Waals surface area contributed by atoms with Crippen molar-refractivity contribution in [3.8, 4) is 17.0 Å². The normalized spacial score (nSPS) is 14.7. The van der Waals surface area contributed by atoms with Crippen molar-refractivity contribution in [1.82, 2.24) is 9.97 Å². The number of nitrogens with one attached hydrogen (secondary N) is 2. The summed E-state index contributed by atoms with van der Waals surface area (Å²) in [5, 5.41) is 6.56. The van der Waals surface area contributed by atoms with Crippen LogP contribution in [0.15, 0.2) is 54.6 Å². The average Bonchev–Trinajstić information content (AvgIpc) is 2.78. The summed E-state index contributed by atoms with van der Waals surface area (Å²) in [5.41, 5.74) is 1.78. The third-order valence-corrected chi connectivity index (χ3v) is 5.41. The molecule has 0 amide bonds. The number of alkyl halides is 3. The van der Waals surface area contributed by atoms with Gasteiger partial charge in [-0.1, -0.05) is 43.5 Å². The third kappa shape index (κ3) is 6.81. The predicted molar refractivity (Wildman–Crippen MR) is 118 cm³/mol. The Hall–Kier alpha value is -3.36. The van der Waals surface area contributed by atoms with E-state index in [9.17, 15) is 17.6 Å². The summed E-state index contributed by atoms with van der Waals surface area (Å²) in [5.74, 6) is 0.275. The highest BCUT2D eigenvalue weighted by atomic mass is 19.4. The van der Waals surface area contributed by atoms with Gasteiger partial charge in [-0.15, -0.1) is 13.2 Å². The number of aromatic nitrogens is 2. The van der Waals surface area contributed by atoms with Crippen molar-refractivity contribution in [3.05, 3.63) is 66.0 Å². The molecule has 1 fully saturated rings. The Morgan fingerprint density at radius 2 is 1.70 bits per heavy atom. The van der Waals surface area contributed by atoms with Gasteiger partial charge in [-0.05, 0) is 42.7 Å². The van der Waals surface area contributed by atoms with Crippen LogP contribution in [0, 0.1) is 5.82 Å². The maximum absolute atomic E-state index is 13.2. The van der Waals surface area contributed by atoms with Crippen molar-refractivity contribution >= 4 is 11.8 Å². The molecule has 0 aliphatic heterocycles. The molecule has 9 heteroatoms. The molecule has 2 N–H and O–H groups in total. The Kier molecular flexibility index (Phi) is 6.96. The van der Waals surface area contributed by atoms with Crippen molar-refractivity contribution in [2.45, 2.75) is 51.1 Å². The van der Waals surface area contributed by atoms with E-state index in [-0.39, 0.29) is 17.6 Å². The second-order valence-electron chi connectivity index (χ2n) is 8.00. The fraction of sp³-hybridized carbons (Fsp3) is 0.333. The lowest BCUT2D eigenvalue weighted by Gasteiger charge is -2.23. The Bertz CT molecular complexity index is 1070. The number of anilines is 2. The first-order valence-corrected chi connectivity index (χ1v) is 10.8. The van der Waals surface area contributed by atoms with Crippen LogP contribution in [-0.4, -0.2) is 22.4 Å². The second kappa shape index (κ2) is 10.1. The molecule has 0 atom stereocenters. The Morgan fingerprint density at radius 3 is 2.42 bits per heavy atom. The summed E-state index contributed by atoms with van der Waals surface area (Å²) in [7, 11) is 0. The lowest BCUT2D eigenvalue weighted by Crippen LogP contribution is -2.23. The van der Waals surface area contributed by atoms with Crippen LogP contribution in [-0.2, 0) is 6.54 Å². The van der Waals surface area contributed by atoms with E-state index in [4.69, 9.17) is 0 Å². The second-order valence-corrected chi connectivity index (χ2v) is 8.00. The van der Waals surface area contributed by atoms with Crippen LogP contribution in [0.5, 0.6) is 5.75 Å². The number of ether oxygens (including phenoxy) is 1. The van der Waals surface area contributed by atoms with Crippen LogP contribution in [0.3, 0.4) is 0 Å². The maximum atomic E-state index is 13.2. The highest BCUT2D eigenvalue weighted by Crippen LogP contribution is 2.29. The zero-order valence-electron chi connectivity index (χ0n) is 17.8. The first-order chi connectivity index (χ1) is 15.8. The maximum Gasteiger partial charge on any atom is 0.573 e. The van der Waals surface area contributed by atoms with Crippen molar-refractivity contribution in [2.24, 2.45) is 0 Å². The Labute approximate surface area is 189 Å². The van der Waals surface area contributed by atoms with Gasteiger partial charge in [0.1, 0.15) is 17.4 Å².